The van der Waals surface area contributed by atoms with Gasteiger partial charge in [-0.2, -0.15) is 4.98 Å². The third kappa shape index (κ3) is 3.96. The molecule has 0 amide bonds. The lowest BCUT2D eigenvalue weighted by atomic mass is 10.1. The summed E-state index contributed by atoms with van der Waals surface area (Å²) in [6.45, 7) is 7.09. The van der Waals surface area contributed by atoms with Crippen molar-refractivity contribution in [2.75, 3.05) is 29.9 Å². The van der Waals surface area contributed by atoms with Crippen molar-refractivity contribution in [1.82, 2.24) is 20.1 Å². The van der Waals surface area contributed by atoms with E-state index in [1.165, 1.54) is 23.1 Å². The number of nitrogens with zero attached hydrogens (tertiary/aromatic N) is 4. The van der Waals surface area contributed by atoms with Gasteiger partial charge in [0, 0.05) is 36.6 Å². The number of anilines is 3. The lowest BCUT2D eigenvalue weighted by Crippen LogP contribution is -2.58. The minimum atomic E-state index is -0.659. The van der Waals surface area contributed by atoms with E-state index in [0.717, 1.165) is 42.6 Å². The van der Waals surface area contributed by atoms with E-state index in [-0.39, 0.29) is 5.69 Å². The Balaban J connectivity index is 1.50. The van der Waals surface area contributed by atoms with E-state index >= 15 is 0 Å². The fraction of sp³-hybridized carbons (Fsp3) is 0.300. The molecule has 1 aliphatic rings. The highest BCUT2D eigenvalue weighted by Crippen LogP contribution is 2.27. The van der Waals surface area contributed by atoms with E-state index in [2.05, 4.69) is 44.7 Å². The van der Waals surface area contributed by atoms with Crippen molar-refractivity contribution < 1.29 is 8.78 Å². The Morgan fingerprint density at radius 2 is 1.79 bits per heavy atom. The highest BCUT2D eigenvalue weighted by molar-refractivity contribution is 5.64. The van der Waals surface area contributed by atoms with Crippen molar-refractivity contribution >= 4 is 17.3 Å². The third-order valence-electron chi connectivity index (χ3n) is 4.66. The Kier molecular flexibility index (Phi) is 4.95. The van der Waals surface area contributed by atoms with Gasteiger partial charge in [-0.25, -0.2) is 13.5 Å². The molecule has 1 fully saturated rings. The van der Waals surface area contributed by atoms with Crippen LogP contribution >= 0.6 is 0 Å². The van der Waals surface area contributed by atoms with Gasteiger partial charge in [0.1, 0.15) is 18.0 Å². The number of rotatable bonds is 6. The first-order chi connectivity index (χ1) is 13.5. The molecule has 28 heavy (non-hydrogen) atoms. The zero-order valence-electron chi connectivity index (χ0n) is 15.8. The second kappa shape index (κ2) is 7.55. The Hall–Kier alpha value is -3.00. The summed E-state index contributed by atoms with van der Waals surface area (Å²) in [5.74, 6) is -0.960. The van der Waals surface area contributed by atoms with Gasteiger partial charge in [0.2, 0.25) is 5.95 Å². The van der Waals surface area contributed by atoms with Crippen LogP contribution < -0.4 is 15.5 Å². The van der Waals surface area contributed by atoms with Gasteiger partial charge in [-0.1, -0.05) is 6.92 Å². The molecule has 0 bridgehead atoms. The van der Waals surface area contributed by atoms with Gasteiger partial charge < -0.3 is 15.5 Å². The SMILES string of the molecule is CCNC1CN(c2cc(C)cc(Nc3ncn(-c4cc(F)cc(F)c4)n3)c2)C1. The molecule has 2 aromatic carbocycles. The fourth-order valence-corrected chi connectivity index (χ4v) is 3.37. The molecule has 1 aromatic heterocycles. The molecule has 146 valence electrons. The maximum absolute atomic E-state index is 13.4. The molecule has 0 unspecified atom stereocenters. The molecule has 0 atom stereocenters. The molecular weight excluding hydrogens is 362 g/mol. The summed E-state index contributed by atoms with van der Waals surface area (Å²) >= 11 is 0. The molecule has 1 saturated heterocycles. The molecule has 0 aliphatic carbocycles. The van der Waals surface area contributed by atoms with Crippen LogP contribution in [-0.2, 0) is 0 Å². The lowest BCUT2D eigenvalue weighted by molar-refractivity contribution is 0.429. The molecule has 0 radical (unpaired) electrons. The van der Waals surface area contributed by atoms with Crippen LogP contribution in [0.4, 0.5) is 26.1 Å². The summed E-state index contributed by atoms with van der Waals surface area (Å²) in [5.41, 5.74) is 3.41. The van der Waals surface area contributed by atoms with Gasteiger partial charge in [-0.05, 0) is 49.4 Å². The normalized spacial score (nSPS) is 14.2. The van der Waals surface area contributed by atoms with Crippen molar-refractivity contribution in [3.05, 3.63) is 59.9 Å². The second-order valence-electron chi connectivity index (χ2n) is 6.98. The van der Waals surface area contributed by atoms with Crippen molar-refractivity contribution in [3.63, 3.8) is 0 Å². The minimum absolute atomic E-state index is 0.276. The fourth-order valence-electron chi connectivity index (χ4n) is 3.37. The second-order valence-corrected chi connectivity index (χ2v) is 6.98. The maximum atomic E-state index is 13.4. The van der Waals surface area contributed by atoms with Gasteiger partial charge in [0.05, 0.1) is 5.69 Å². The van der Waals surface area contributed by atoms with Crippen LogP contribution in [-0.4, -0.2) is 40.4 Å². The maximum Gasteiger partial charge on any atom is 0.246 e. The van der Waals surface area contributed by atoms with E-state index in [0.29, 0.717) is 12.0 Å². The van der Waals surface area contributed by atoms with Crippen LogP contribution in [0.1, 0.15) is 12.5 Å². The summed E-state index contributed by atoms with van der Waals surface area (Å²) in [7, 11) is 0. The number of hydrogen-bond donors (Lipinski definition) is 2. The van der Waals surface area contributed by atoms with Crippen LogP contribution in [0.5, 0.6) is 0 Å². The van der Waals surface area contributed by atoms with Crippen LogP contribution in [0.25, 0.3) is 5.69 Å². The number of nitrogens with one attached hydrogen (secondary N) is 2. The van der Waals surface area contributed by atoms with Crippen LogP contribution in [0.3, 0.4) is 0 Å². The summed E-state index contributed by atoms with van der Waals surface area (Å²) in [6.07, 6.45) is 1.42. The number of likely N-dealkylation sites (N-methyl/N-ethyl adjacent to an activating group) is 1. The summed E-state index contributed by atoms with van der Waals surface area (Å²) in [6, 6.07) is 9.98. The number of benzene rings is 2. The van der Waals surface area contributed by atoms with Crippen LogP contribution in [0, 0.1) is 18.6 Å². The number of halogens is 2. The van der Waals surface area contributed by atoms with Crippen molar-refractivity contribution in [2.24, 2.45) is 0 Å². The highest BCUT2D eigenvalue weighted by Gasteiger charge is 2.26. The first kappa shape index (κ1) is 18.4. The molecule has 2 N–H and O–H groups in total. The zero-order chi connectivity index (χ0) is 19.7. The van der Waals surface area contributed by atoms with Gasteiger partial charge in [0.25, 0.3) is 0 Å². The third-order valence-corrected chi connectivity index (χ3v) is 4.66. The molecular formula is C20H22F2N6. The zero-order valence-corrected chi connectivity index (χ0v) is 15.8. The smallest absolute Gasteiger partial charge is 0.246 e. The average molecular weight is 384 g/mol. The van der Waals surface area contributed by atoms with Crippen LogP contribution in [0.2, 0.25) is 0 Å². The summed E-state index contributed by atoms with van der Waals surface area (Å²) in [4.78, 5) is 6.51. The monoisotopic (exact) mass is 384 g/mol. The number of aromatic nitrogens is 3. The van der Waals surface area contributed by atoms with E-state index < -0.39 is 11.6 Å². The first-order valence-electron chi connectivity index (χ1n) is 9.25. The summed E-state index contributed by atoms with van der Waals surface area (Å²) < 4.78 is 28.2. The van der Waals surface area contributed by atoms with Gasteiger partial charge >= 0.3 is 0 Å². The van der Waals surface area contributed by atoms with E-state index in [1.54, 1.807) is 0 Å². The number of aryl methyl sites for hydroxylation is 1. The van der Waals surface area contributed by atoms with Crippen LogP contribution in [0.15, 0.2) is 42.7 Å². The van der Waals surface area contributed by atoms with Crippen molar-refractivity contribution in [3.8, 4) is 5.69 Å². The Morgan fingerprint density at radius 1 is 1.04 bits per heavy atom. The van der Waals surface area contributed by atoms with E-state index in [9.17, 15) is 8.78 Å². The molecule has 6 nitrogen and oxygen atoms in total. The minimum Gasteiger partial charge on any atom is -0.368 e. The molecule has 0 saturated carbocycles. The van der Waals surface area contributed by atoms with Gasteiger partial charge in [-0.15, -0.1) is 5.10 Å². The predicted octanol–water partition coefficient (Wildman–Crippen LogP) is 3.40. The highest BCUT2D eigenvalue weighted by atomic mass is 19.1. The standard InChI is InChI=1S/C20H22F2N6/c1-3-23-17-10-27(11-17)18-5-13(2)4-16(9-18)25-20-24-12-28(26-20)19-7-14(21)6-15(22)8-19/h4-9,12,17,23H,3,10-11H2,1-2H3,(H,25,26). The van der Waals surface area contributed by atoms with E-state index in [4.69, 9.17) is 0 Å². The Morgan fingerprint density at radius 3 is 2.50 bits per heavy atom. The van der Waals surface area contributed by atoms with Crippen molar-refractivity contribution in [1.29, 1.82) is 0 Å². The molecule has 4 rings (SSSR count). The topological polar surface area (TPSA) is 58.0 Å². The molecule has 1 aliphatic heterocycles. The van der Waals surface area contributed by atoms with Gasteiger partial charge in [0.15, 0.2) is 0 Å². The Labute approximate surface area is 162 Å². The average Bonchev–Trinajstić information content (AvgIpc) is 3.05. The molecule has 3 aromatic rings. The quantitative estimate of drug-likeness (QED) is 0.682. The lowest BCUT2D eigenvalue weighted by Gasteiger charge is -2.41. The van der Waals surface area contributed by atoms with Crippen molar-refractivity contribution in [2.45, 2.75) is 19.9 Å². The van der Waals surface area contributed by atoms with E-state index in [1.807, 2.05) is 13.0 Å². The largest absolute Gasteiger partial charge is 0.368 e. The predicted molar refractivity (Wildman–Crippen MR) is 105 cm³/mol. The molecule has 2 heterocycles. The molecule has 0 spiro atoms. The Bertz CT molecular complexity index is 960. The van der Waals surface area contributed by atoms with Gasteiger partial charge in [-0.3, -0.25) is 0 Å². The molecule has 8 heteroatoms. The first-order valence-corrected chi connectivity index (χ1v) is 9.25. The summed E-state index contributed by atoms with van der Waals surface area (Å²) in [5, 5.41) is 10.9. The number of hydrogen-bond acceptors (Lipinski definition) is 5.